The van der Waals surface area contributed by atoms with Crippen molar-refractivity contribution in [3.05, 3.63) is 46.2 Å². The summed E-state index contributed by atoms with van der Waals surface area (Å²) in [4.78, 5) is 11.1. The maximum Gasteiger partial charge on any atom is 0.134 e. The van der Waals surface area contributed by atoms with E-state index in [1.54, 1.807) is 0 Å². The summed E-state index contributed by atoms with van der Waals surface area (Å²) < 4.78 is 0. The molecule has 0 spiro atoms. The van der Waals surface area contributed by atoms with Gasteiger partial charge in [0.25, 0.3) is 0 Å². The van der Waals surface area contributed by atoms with E-state index in [-0.39, 0.29) is 6.61 Å². The molecule has 0 saturated carbocycles. The van der Waals surface area contributed by atoms with Gasteiger partial charge in [-0.2, -0.15) is 0 Å². The second-order valence-electron chi connectivity index (χ2n) is 5.39. The van der Waals surface area contributed by atoms with Crippen molar-refractivity contribution in [3.63, 3.8) is 0 Å². The normalized spacial score (nSPS) is 13.9. The first kappa shape index (κ1) is 15.1. The third-order valence-corrected chi connectivity index (χ3v) is 3.98. The first-order valence-corrected chi connectivity index (χ1v) is 7.76. The molecule has 0 bridgehead atoms. The van der Waals surface area contributed by atoms with Crippen LogP contribution in [0.15, 0.2) is 24.3 Å². The van der Waals surface area contributed by atoms with E-state index in [9.17, 15) is 0 Å². The highest BCUT2D eigenvalue weighted by molar-refractivity contribution is 6.30. The van der Waals surface area contributed by atoms with Crippen LogP contribution >= 0.6 is 11.6 Å². The molecule has 0 fully saturated rings. The third-order valence-electron chi connectivity index (χ3n) is 3.75. The van der Waals surface area contributed by atoms with Crippen LogP contribution in [0.5, 0.6) is 0 Å². The molecule has 0 unspecified atom stereocenters. The molecule has 2 aromatic rings. The lowest BCUT2D eigenvalue weighted by molar-refractivity contribution is 0.311. The van der Waals surface area contributed by atoms with Gasteiger partial charge < -0.3 is 15.3 Å². The van der Waals surface area contributed by atoms with E-state index < -0.39 is 0 Å². The molecule has 0 amide bonds. The minimum atomic E-state index is 0.0796. The predicted molar refractivity (Wildman–Crippen MR) is 88.6 cm³/mol. The van der Waals surface area contributed by atoms with Crippen molar-refractivity contribution in [2.24, 2.45) is 0 Å². The molecule has 5 nitrogen and oxygen atoms in total. The second kappa shape index (κ2) is 6.50. The highest BCUT2D eigenvalue weighted by Gasteiger charge is 2.18. The van der Waals surface area contributed by atoms with Crippen molar-refractivity contribution < 1.29 is 5.11 Å². The molecule has 1 aliphatic heterocycles. The maximum atomic E-state index is 8.92. The number of halogens is 1. The SMILES string of the molecule is Cc1nc(NCCO)cc(N2CCc3cc(Cl)ccc3C2)n1. The van der Waals surface area contributed by atoms with Crippen LogP contribution in [0.1, 0.15) is 17.0 Å². The average Bonchev–Trinajstić information content (AvgIpc) is 2.52. The molecule has 1 aliphatic rings. The van der Waals surface area contributed by atoms with E-state index in [2.05, 4.69) is 26.3 Å². The lowest BCUT2D eigenvalue weighted by Gasteiger charge is -2.30. The molecule has 1 aromatic carbocycles. The van der Waals surface area contributed by atoms with Gasteiger partial charge in [0.05, 0.1) is 6.61 Å². The summed E-state index contributed by atoms with van der Waals surface area (Å²) in [7, 11) is 0. The minimum absolute atomic E-state index is 0.0796. The van der Waals surface area contributed by atoms with E-state index in [1.165, 1.54) is 11.1 Å². The van der Waals surface area contributed by atoms with E-state index in [1.807, 2.05) is 25.1 Å². The van der Waals surface area contributed by atoms with Crippen LogP contribution in [-0.2, 0) is 13.0 Å². The summed E-state index contributed by atoms with van der Waals surface area (Å²) in [6.45, 7) is 4.17. The molecule has 2 N–H and O–H groups in total. The minimum Gasteiger partial charge on any atom is -0.395 e. The summed E-state index contributed by atoms with van der Waals surface area (Å²) in [6.07, 6.45) is 0.957. The Kier molecular flexibility index (Phi) is 4.45. The highest BCUT2D eigenvalue weighted by atomic mass is 35.5. The fourth-order valence-electron chi connectivity index (χ4n) is 2.71. The van der Waals surface area contributed by atoms with E-state index in [4.69, 9.17) is 16.7 Å². The standard InChI is InChI=1S/C16H19ClN4O/c1-11-19-15(18-5-7-22)9-16(20-11)21-6-4-12-8-14(17)3-2-13(12)10-21/h2-3,8-9,22H,4-7,10H2,1H3,(H,18,19,20). The molecule has 6 heteroatoms. The number of aliphatic hydroxyl groups is 1. The molecule has 0 atom stereocenters. The number of fused-ring (bicyclic) bond motifs is 1. The van der Waals surface area contributed by atoms with Gasteiger partial charge in [0.2, 0.25) is 0 Å². The van der Waals surface area contributed by atoms with Gasteiger partial charge in [0, 0.05) is 30.7 Å². The summed E-state index contributed by atoms with van der Waals surface area (Å²) in [5.41, 5.74) is 2.60. The van der Waals surface area contributed by atoms with Crippen molar-refractivity contribution in [2.75, 3.05) is 29.9 Å². The van der Waals surface area contributed by atoms with Crippen LogP contribution in [0.3, 0.4) is 0 Å². The quantitative estimate of drug-likeness (QED) is 0.906. The fraction of sp³-hybridized carbons (Fsp3) is 0.375. The Morgan fingerprint density at radius 3 is 2.95 bits per heavy atom. The molecule has 22 heavy (non-hydrogen) atoms. The number of hydrogen-bond donors (Lipinski definition) is 2. The zero-order valence-electron chi connectivity index (χ0n) is 12.5. The number of hydrogen-bond acceptors (Lipinski definition) is 5. The summed E-state index contributed by atoms with van der Waals surface area (Å²) >= 11 is 6.06. The fourth-order valence-corrected chi connectivity index (χ4v) is 2.90. The largest absolute Gasteiger partial charge is 0.395 e. The Hall–Kier alpha value is -1.85. The van der Waals surface area contributed by atoms with Gasteiger partial charge in [-0.3, -0.25) is 0 Å². The van der Waals surface area contributed by atoms with Crippen LogP contribution in [0.4, 0.5) is 11.6 Å². The van der Waals surface area contributed by atoms with E-state index >= 15 is 0 Å². The lowest BCUT2D eigenvalue weighted by atomic mass is 10.00. The van der Waals surface area contributed by atoms with Gasteiger partial charge in [-0.05, 0) is 36.6 Å². The van der Waals surface area contributed by atoms with Crippen molar-refractivity contribution in [1.82, 2.24) is 9.97 Å². The Morgan fingerprint density at radius 2 is 2.14 bits per heavy atom. The first-order chi connectivity index (χ1) is 10.7. The number of nitrogens with one attached hydrogen (secondary N) is 1. The van der Waals surface area contributed by atoms with Crippen molar-refractivity contribution in [1.29, 1.82) is 0 Å². The smallest absolute Gasteiger partial charge is 0.134 e. The van der Waals surface area contributed by atoms with Crippen LogP contribution in [-0.4, -0.2) is 34.8 Å². The highest BCUT2D eigenvalue weighted by Crippen LogP contribution is 2.26. The van der Waals surface area contributed by atoms with Crippen LogP contribution < -0.4 is 10.2 Å². The van der Waals surface area contributed by atoms with Crippen LogP contribution in [0.2, 0.25) is 5.02 Å². The number of rotatable bonds is 4. The topological polar surface area (TPSA) is 61.3 Å². The molecule has 116 valence electrons. The van der Waals surface area contributed by atoms with Gasteiger partial charge >= 0.3 is 0 Å². The molecular formula is C16H19ClN4O. The number of aryl methyl sites for hydroxylation is 1. The second-order valence-corrected chi connectivity index (χ2v) is 5.83. The van der Waals surface area contributed by atoms with Crippen LogP contribution in [0, 0.1) is 6.92 Å². The molecule has 1 aromatic heterocycles. The van der Waals surface area contributed by atoms with Gasteiger partial charge in [-0.15, -0.1) is 0 Å². The molecule has 3 rings (SSSR count). The molecular weight excluding hydrogens is 300 g/mol. The average molecular weight is 319 g/mol. The number of aliphatic hydroxyl groups excluding tert-OH is 1. The summed E-state index contributed by atoms with van der Waals surface area (Å²) in [6, 6.07) is 8.00. The summed E-state index contributed by atoms with van der Waals surface area (Å²) in [5.74, 6) is 2.38. The van der Waals surface area contributed by atoms with Crippen molar-refractivity contribution >= 4 is 23.2 Å². The van der Waals surface area contributed by atoms with E-state index in [0.29, 0.717) is 6.54 Å². The Labute approximate surface area is 135 Å². The van der Waals surface area contributed by atoms with Crippen molar-refractivity contribution in [2.45, 2.75) is 19.9 Å². The lowest BCUT2D eigenvalue weighted by Crippen LogP contribution is -2.31. The zero-order valence-corrected chi connectivity index (χ0v) is 13.3. The van der Waals surface area contributed by atoms with Gasteiger partial charge in [0.15, 0.2) is 0 Å². The first-order valence-electron chi connectivity index (χ1n) is 7.38. The summed E-state index contributed by atoms with van der Waals surface area (Å²) in [5, 5.41) is 12.8. The Balaban J connectivity index is 1.83. The third kappa shape index (κ3) is 3.31. The van der Waals surface area contributed by atoms with Crippen LogP contribution in [0.25, 0.3) is 0 Å². The van der Waals surface area contributed by atoms with Gasteiger partial charge in [0.1, 0.15) is 17.5 Å². The number of aromatic nitrogens is 2. The van der Waals surface area contributed by atoms with E-state index in [0.717, 1.165) is 42.0 Å². The number of benzene rings is 1. The number of anilines is 2. The Morgan fingerprint density at radius 1 is 1.27 bits per heavy atom. The predicted octanol–water partition coefficient (Wildman–Crippen LogP) is 2.41. The monoisotopic (exact) mass is 318 g/mol. The molecule has 0 saturated heterocycles. The molecule has 0 radical (unpaired) electrons. The zero-order chi connectivity index (χ0) is 15.5. The van der Waals surface area contributed by atoms with Gasteiger partial charge in [-0.1, -0.05) is 17.7 Å². The maximum absolute atomic E-state index is 8.92. The van der Waals surface area contributed by atoms with Crippen molar-refractivity contribution in [3.8, 4) is 0 Å². The van der Waals surface area contributed by atoms with Gasteiger partial charge in [-0.25, -0.2) is 9.97 Å². The molecule has 2 heterocycles. The Bertz CT molecular complexity index is 677. The molecule has 0 aliphatic carbocycles. The number of nitrogens with zero attached hydrogens (tertiary/aromatic N) is 3.